The van der Waals surface area contributed by atoms with E-state index in [9.17, 15) is 4.79 Å². The second-order valence-electron chi connectivity index (χ2n) is 3.57. The number of nitrogens with two attached hydrogens (primary N) is 3. The maximum atomic E-state index is 11.3. The van der Waals surface area contributed by atoms with Crippen molar-refractivity contribution in [3.05, 3.63) is 23.8 Å². The molecule has 0 aliphatic rings. The van der Waals surface area contributed by atoms with Gasteiger partial charge in [0, 0.05) is 11.4 Å². The van der Waals surface area contributed by atoms with Crippen LogP contribution in [0.2, 0.25) is 0 Å². The van der Waals surface area contributed by atoms with Crippen LogP contribution >= 0.6 is 0 Å². The molecule has 88 valence electrons. The van der Waals surface area contributed by atoms with Gasteiger partial charge in [0.1, 0.15) is 6.04 Å². The lowest BCUT2D eigenvalue weighted by atomic mass is 10.1. The summed E-state index contributed by atoms with van der Waals surface area (Å²) in [5.41, 5.74) is 18.9. The SMILES string of the molecule is CCOC(=O)C(N)Cc1cc(N)cc(N)c1. The highest BCUT2D eigenvalue weighted by Crippen LogP contribution is 2.15. The lowest BCUT2D eigenvalue weighted by Crippen LogP contribution is -2.34. The van der Waals surface area contributed by atoms with Gasteiger partial charge in [0.2, 0.25) is 0 Å². The van der Waals surface area contributed by atoms with Crippen molar-refractivity contribution in [2.45, 2.75) is 19.4 Å². The number of carbonyl (C=O) groups excluding carboxylic acids is 1. The van der Waals surface area contributed by atoms with E-state index in [2.05, 4.69) is 0 Å². The smallest absolute Gasteiger partial charge is 0.323 e. The summed E-state index contributed by atoms with van der Waals surface area (Å²) in [6.07, 6.45) is 0.369. The molecule has 5 nitrogen and oxygen atoms in total. The number of esters is 1. The summed E-state index contributed by atoms with van der Waals surface area (Å²) in [4.78, 5) is 11.3. The fourth-order valence-corrected chi connectivity index (χ4v) is 1.45. The molecule has 0 heterocycles. The van der Waals surface area contributed by atoms with Crippen LogP contribution in [0.5, 0.6) is 0 Å². The molecule has 0 fully saturated rings. The Balaban J connectivity index is 2.69. The first-order valence-electron chi connectivity index (χ1n) is 5.10. The number of anilines is 2. The molecule has 0 aliphatic carbocycles. The summed E-state index contributed by atoms with van der Waals surface area (Å²) in [6, 6.07) is 4.46. The van der Waals surface area contributed by atoms with Gasteiger partial charge in [0.15, 0.2) is 0 Å². The van der Waals surface area contributed by atoms with Gasteiger partial charge in [0.25, 0.3) is 0 Å². The number of nitrogen functional groups attached to an aromatic ring is 2. The Morgan fingerprint density at radius 3 is 2.38 bits per heavy atom. The average molecular weight is 223 g/mol. The van der Waals surface area contributed by atoms with Crippen LogP contribution in [0.4, 0.5) is 11.4 Å². The molecular weight excluding hydrogens is 206 g/mol. The average Bonchev–Trinajstić information content (AvgIpc) is 2.16. The molecule has 0 radical (unpaired) electrons. The molecule has 0 amide bonds. The Labute approximate surface area is 94.6 Å². The van der Waals surface area contributed by atoms with Crippen molar-refractivity contribution in [3.63, 3.8) is 0 Å². The summed E-state index contributed by atoms with van der Waals surface area (Å²) in [7, 11) is 0. The Kier molecular flexibility index (Phi) is 4.13. The lowest BCUT2D eigenvalue weighted by Gasteiger charge is -2.11. The highest BCUT2D eigenvalue weighted by molar-refractivity contribution is 5.76. The van der Waals surface area contributed by atoms with Gasteiger partial charge in [-0.05, 0) is 37.1 Å². The minimum absolute atomic E-state index is 0.325. The molecule has 0 aliphatic heterocycles. The van der Waals surface area contributed by atoms with Crippen LogP contribution < -0.4 is 17.2 Å². The number of hydrogen-bond donors (Lipinski definition) is 3. The molecule has 5 heteroatoms. The van der Waals surface area contributed by atoms with Gasteiger partial charge in [0.05, 0.1) is 6.61 Å². The van der Waals surface area contributed by atoms with Crippen LogP contribution in [0.25, 0.3) is 0 Å². The molecule has 16 heavy (non-hydrogen) atoms. The van der Waals surface area contributed by atoms with E-state index in [0.29, 0.717) is 24.4 Å². The monoisotopic (exact) mass is 223 g/mol. The van der Waals surface area contributed by atoms with Gasteiger partial charge >= 0.3 is 5.97 Å². The second-order valence-corrected chi connectivity index (χ2v) is 3.57. The van der Waals surface area contributed by atoms with Crippen LogP contribution in [0, 0.1) is 0 Å². The van der Waals surface area contributed by atoms with Gasteiger partial charge in [-0.3, -0.25) is 4.79 Å². The van der Waals surface area contributed by atoms with Crippen molar-refractivity contribution in [2.24, 2.45) is 5.73 Å². The number of ether oxygens (including phenoxy) is 1. The standard InChI is InChI=1S/C11H17N3O2/c1-2-16-11(15)10(14)5-7-3-8(12)6-9(13)4-7/h3-4,6,10H,2,5,12-14H2,1H3. The third-order valence-electron chi connectivity index (χ3n) is 2.08. The van der Waals surface area contributed by atoms with E-state index in [0.717, 1.165) is 5.56 Å². The zero-order chi connectivity index (χ0) is 12.1. The first kappa shape index (κ1) is 12.3. The predicted molar refractivity (Wildman–Crippen MR) is 63.6 cm³/mol. The Morgan fingerprint density at radius 2 is 1.88 bits per heavy atom. The Morgan fingerprint density at radius 1 is 1.31 bits per heavy atom. The fourth-order valence-electron chi connectivity index (χ4n) is 1.45. The van der Waals surface area contributed by atoms with Gasteiger partial charge < -0.3 is 21.9 Å². The summed E-state index contributed by atoms with van der Waals surface area (Å²) in [5, 5.41) is 0. The molecule has 1 unspecified atom stereocenters. The zero-order valence-corrected chi connectivity index (χ0v) is 9.27. The van der Waals surface area contributed by atoms with Crippen molar-refractivity contribution in [2.75, 3.05) is 18.1 Å². The minimum Gasteiger partial charge on any atom is -0.465 e. The zero-order valence-electron chi connectivity index (χ0n) is 9.27. The summed E-state index contributed by atoms with van der Waals surface area (Å²) in [5.74, 6) is -0.413. The van der Waals surface area contributed by atoms with E-state index >= 15 is 0 Å². The van der Waals surface area contributed by atoms with E-state index in [1.54, 1.807) is 25.1 Å². The molecule has 0 aromatic heterocycles. The molecule has 1 atom stereocenters. The highest BCUT2D eigenvalue weighted by atomic mass is 16.5. The van der Waals surface area contributed by atoms with Gasteiger partial charge in [-0.15, -0.1) is 0 Å². The number of carbonyl (C=O) groups is 1. The quantitative estimate of drug-likeness (QED) is 0.502. The molecule has 6 N–H and O–H groups in total. The number of rotatable bonds is 4. The van der Waals surface area contributed by atoms with Crippen molar-refractivity contribution in [1.82, 2.24) is 0 Å². The topological polar surface area (TPSA) is 104 Å². The van der Waals surface area contributed by atoms with Crippen molar-refractivity contribution in [3.8, 4) is 0 Å². The summed E-state index contributed by atoms with van der Waals surface area (Å²) >= 11 is 0. The second kappa shape index (κ2) is 5.37. The third kappa shape index (κ3) is 3.43. The maximum absolute atomic E-state index is 11.3. The van der Waals surface area contributed by atoms with Gasteiger partial charge in [-0.2, -0.15) is 0 Å². The van der Waals surface area contributed by atoms with Gasteiger partial charge in [-0.25, -0.2) is 0 Å². The van der Waals surface area contributed by atoms with Crippen LogP contribution in [0.1, 0.15) is 12.5 Å². The Bertz CT molecular complexity index is 359. The third-order valence-corrected chi connectivity index (χ3v) is 2.08. The molecule has 0 saturated heterocycles. The minimum atomic E-state index is -0.679. The highest BCUT2D eigenvalue weighted by Gasteiger charge is 2.15. The fraction of sp³-hybridized carbons (Fsp3) is 0.364. The lowest BCUT2D eigenvalue weighted by molar-refractivity contribution is -0.144. The predicted octanol–water partition coefficient (Wildman–Crippen LogP) is 0.284. The molecule has 0 bridgehead atoms. The number of hydrogen-bond acceptors (Lipinski definition) is 5. The van der Waals surface area contributed by atoms with Crippen LogP contribution in [-0.2, 0) is 16.0 Å². The summed E-state index contributed by atoms with van der Waals surface area (Å²) < 4.78 is 4.81. The van der Waals surface area contributed by atoms with Gasteiger partial charge in [-0.1, -0.05) is 0 Å². The van der Waals surface area contributed by atoms with E-state index in [1.807, 2.05) is 0 Å². The van der Waals surface area contributed by atoms with Crippen LogP contribution in [0.3, 0.4) is 0 Å². The Hall–Kier alpha value is -1.75. The molecular formula is C11H17N3O2. The first-order valence-corrected chi connectivity index (χ1v) is 5.10. The molecule has 0 saturated carbocycles. The van der Waals surface area contributed by atoms with Crippen molar-refractivity contribution in [1.29, 1.82) is 0 Å². The number of benzene rings is 1. The summed E-state index contributed by atoms with van der Waals surface area (Å²) in [6.45, 7) is 2.06. The molecule has 1 aromatic carbocycles. The van der Waals surface area contributed by atoms with E-state index in [1.165, 1.54) is 0 Å². The van der Waals surface area contributed by atoms with Crippen LogP contribution in [0.15, 0.2) is 18.2 Å². The molecule has 0 spiro atoms. The van der Waals surface area contributed by atoms with Crippen molar-refractivity contribution < 1.29 is 9.53 Å². The van der Waals surface area contributed by atoms with E-state index < -0.39 is 12.0 Å². The normalized spacial score (nSPS) is 12.1. The first-order chi connectivity index (χ1) is 7.52. The van der Waals surface area contributed by atoms with Crippen LogP contribution in [-0.4, -0.2) is 18.6 Å². The van der Waals surface area contributed by atoms with E-state index in [-0.39, 0.29) is 0 Å². The molecule has 1 rings (SSSR count). The maximum Gasteiger partial charge on any atom is 0.323 e. The van der Waals surface area contributed by atoms with Crippen molar-refractivity contribution >= 4 is 17.3 Å². The largest absolute Gasteiger partial charge is 0.465 e. The van der Waals surface area contributed by atoms with E-state index in [4.69, 9.17) is 21.9 Å². The molecule has 1 aromatic rings.